The molecule has 4 rings (SSSR count). The van der Waals surface area contributed by atoms with Crippen LogP contribution in [0.3, 0.4) is 0 Å². The van der Waals surface area contributed by atoms with E-state index in [9.17, 15) is 4.79 Å². The minimum atomic E-state index is -0.232. The van der Waals surface area contributed by atoms with E-state index in [0.29, 0.717) is 34.0 Å². The van der Waals surface area contributed by atoms with Gasteiger partial charge < -0.3 is 14.7 Å². The molecule has 4 aromatic rings. The molecule has 0 saturated heterocycles. The maximum Gasteiger partial charge on any atom is 0.273 e. The van der Waals surface area contributed by atoms with Crippen LogP contribution in [0.15, 0.2) is 42.6 Å². The molecule has 1 amide bonds. The predicted octanol–water partition coefficient (Wildman–Crippen LogP) is 4.43. The lowest BCUT2D eigenvalue weighted by Crippen LogP contribution is -2.27. The van der Waals surface area contributed by atoms with Crippen LogP contribution in [0.2, 0.25) is 5.02 Å². The number of aromatic nitrogens is 4. The Morgan fingerprint density at radius 1 is 1.17 bits per heavy atom. The van der Waals surface area contributed by atoms with Crippen molar-refractivity contribution >= 4 is 28.4 Å². The molecule has 0 fully saturated rings. The quantitative estimate of drug-likeness (QED) is 0.390. The second-order valence-electron chi connectivity index (χ2n) is 8.34. The zero-order valence-corrected chi connectivity index (χ0v) is 21.0. The van der Waals surface area contributed by atoms with Gasteiger partial charge in [0.25, 0.3) is 5.91 Å². The molecule has 0 aliphatic carbocycles. The number of amides is 1. The Morgan fingerprint density at radius 3 is 2.66 bits per heavy atom. The van der Waals surface area contributed by atoms with E-state index >= 15 is 0 Å². The van der Waals surface area contributed by atoms with Crippen LogP contribution in [0.25, 0.3) is 22.3 Å². The number of carbonyl (C=O) groups excluding carboxylic acids is 1. The van der Waals surface area contributed by atoms with Gasteiger partial charge in [-0.05, 0) is 62.7 Å². The summed E-state index contributed by atoms with van der Waals surface area (Å²) >= 11 is 6.26. The zero-order chi connectivity index (χ0) is 25.1. The number of hydrogen-bond donors (Lipinski definition) is 1. The Kier molecular flexibility index (Phi) is 7.33. The third kappa shape index (κ3) is 5.13. The smallest absolute Gasteiger partial charge is 0.273 e. The van der Waals surface area contributed by atoms with Gasteiger partial charge in [-0.3, -0.25) is 9.48 Å². The van der Waals surface area contributed by atoms with Gasteiger partial charge in [0.1, 0.15) is 18.1 Å². The molecule has 0 aliphatic heterocycles. The molecule has 9 heteroatoms. The second-order valence-corrected chi connectivity index (χ2v) is 8.78. The third-order valence-electron chi connectivity index (χ3n) is 5.90. The van der Waals surface area contributed by atoms with Crippen LogP contribution >= 0.6 is 11.6 Å². The Bertz CT molecular complexity index is 1390. The highest BCUT2D eigenvalue weighted by Crippen LogP contribution is 2.28. The van der Waals surface area contributed by atoms with Crippen LogP contribution in [-0.2, 0) is 13.1 Å². The van der Waals surface area contributed by atoms with Crippen molar-refractivity contribution < 1.29 is 14.6 Å². The van der Waals surface area contributed by atoms with Gasteiger partial charge in [-0.2, -0.15) is 5.10 Å². The average molecular weight is 494 g/mol. The maximum atomic E-state index is 13.6. The van der Waals surface area contributed by atoms with Crippen LogP contribution in [0.1, 0.15) is 34.2 Å². The molecule has 0 bridgehead atoms. The highest BCUT2D eigenvalue weighted by molar-refractivity contribution is 6.31. The van der Waals surface area contributed by atoms with Gasteiger partial charge in [0.15, 0.2) is 5.82 Å². The first-order valence-corrected chi connectivity index (χ1v) is 11.8. The normalized spacial score (nSPS) is 11.1. The molecule has 182 valence electrons. The fraction of sp³-hybridized carbons (Fsp3) is 0.308. The van der Waals surface area contributed by atoms with Crippen molar-refractivity contribution in [3.8, 4) is 17.1 Å². The molecule has 0 aliphatic rings. The largest absolute Gasteiger partial charge is 0.491 e. The average Bonchev–Trinajstić information content (AvgIpc) is 3.21. The van der Waals surface area contributed by atoms with Crippen LogP contribution in [0.4, 0.5) is 0 Å². The summed E-state index contributed by atoms with van der Waals surface area (Å²) in [5.74, 6) is 0.877. The van der Waals surface area contributed by atoms with E-state index in [-0.39, 0.29) is 24.8 Å². The molecule has 0 atom stereocenters. The Hall–Kier alpha value is -3.49. The number of aliphatic hydroxyl groups excluding tert-OH is 1. The highest BCUT2D eigenvalue weighted by atomic mass is 35.5. The van der Waals surface area contributed by atoms with Gasteiger partial charge in [0.05, 0.1) is 18.3 Å². The van der Waals surface area contributed by atoms with Crippen molar-refractivity contribution in [1.82, 2.24) is 24.6 Å². The van der Waals surface area contributed by atoms with Gasteiger partial charge in [0.2, 0.25) is 0 Å². The molecular weight excluding hydrogens is 466 g/mol. The monoisotopic (exact) mass is 493 g/mol. The molecule has 2 aromatic heterocycles. The van der Waals surface area contributed by atoms with Crippen LogP contribution in [0.5, 0.6) is 5.75 Å². The molecule has 0 spiro atoms. The summed E-state index contributed by atoms with van der Waals surface area (Å²) in [4.78, 5) is 24.6. The summed E-state index contributed by atoms with van der Waals surface area (Å²) in [5, 5.41) is 14.5. The first kappa shape index (κ1) is 24.6. The third-order valence-corrected chi connectivity index (χ3v) is 6.14. The fourth-order valence-corrected chi connectivity index (χ4v) is 4.14. The number of hydrogen-bond acceptors (Lipinski definition) is 6. The van der Waals surface area contributed by atoms with Crippen molar-refractivity contribution in [2.45, 2.75) is 33.9 Å². The number of ether oxygens (including phenoxy) is 1. The van der Waals surface area contributed by atoms with E-state index < -0.39 is 0 Å². The van der Waals surface area contributed by atoms with Crippen LogP contribution < -0.4 is 4.74 Å². The summed E-state index contributed by atoms with van der Waals surface area (Å²) < 4.78 is 7.46. The number of nitrogens with zero attached hydrogens (tertiary/aromatic N) is 5. The maximum absolute atomic E-state index is 13.6. The van der Waals surface area contributed by atoms with Crippen molar-refractivity contribution in [1.29, 1.82) is 0 Å². The van der Waals surface area contributed by atoms with E-state index in [1.807, 2.05) is 43.7 Å². The first-order valence-electron chi connectivity index (χ1n) is 11.4. The summed E-state index contributed by atoms with van der Waals surface area (Å²) in [6, 6.07) is 10.8. The van der Waals surface area contributed by atoms with E-state index in [0.717, 1.165) is 28.9 Å². The lowest BCUT2D eigenvalue weighted by Gasteiger charge is -2.18. The molecule has 2 heterocycles. The van der Waals surface area contributed by atoms with Gasteiger partial charge in [0, 0.05) is 47.4 Å². The predicted molar refractivity (Wildman–Crippen MR) is 136 cm³/mol. The van der Waals surface area contributed by atoms with Crippen molar-refractivity contribution in [2.75, 3.05) is 20.3 Å². The van der Waals surface area contributed by atoms with Gasteiger partial charge >= 0.3 is 0 Å². The number of benzene rings is 2. The lowest BCUT2D eigenvalue weighted by molar-refractivity contribution is 0.0781. The number of rotatable bonds is 8. The molecule has 0 saturated carbocycles. The SMILES string of the molecule is CCn1ncc(CN(C)C(=O)c2nc(-c3ccc(OCCO)c(C)c3)nc3ccc(Cl)cc23)c1C. The Labute approximate surface area is 209 Å². The van der Waals surface area contributed by atoms with Gasteiger partial charge in [-0.25, -0.2) is 9.97 Å². The molecule has 35 heavy (non-hydrogen) atoms. The number of carbonyl (C=O) groups is 1. The molecular formula is C26H28ClN5O3. The topological polar surface area (TPSA) is 93.4 Å². The zero-order valence-electron chi connectivity index (χ0n) is 20.2. The summed E-state index contributed by atoms with van der Waals surface area (Å²) in [6.07, 6.45) is 1.80. The second kappa shape index (κ2) is 10.4. The first-order chi connectivity index (χ1) is 16.8. The van der Waals surface area contributed by atoms with Crippen LogP contribution in [0, 0.1) is 13.8 Å². The molecule has 8 nitrogen and oxygen atoms in total. The minimum absolute atomic E-state index is 0.0602. The van der Waals surface area contributed by atoms with E-state index in [4.69, 9.17) is 26.4 Å². The summed E-state index contributed by atoms with van der Waals surface area (Å²) in [5.41, 5.74) is 4.56. The fourth-order valence-electron chi connectivity index (χ4n) is 3.97. The lowest BCUT2D eigenvalue weighted by atomic mass is 10.1. The van der Waals surface area contributed by atoms with Crippen LogP contribution in [-0.4, -0.2) is 55.9 Å². The highest BCUT2D eigenvalue weighted by Gasteiger charge is 2.21. The van der Waals surface area contributed by atoms with E-state index in [1.54, 1.807) is 36.3 Å². The Morgan fingerprint density at radius 2 is 1.97 bits per heavy atom. The number of fused-ring (bicyclic) bond motifs is 1. The summed E-state index contributed by atoms with van der Waals surface area (Å²) in [7, 11) is 1.75. The molecule has 0 unspecified atom stereocenters. The molecule has 0 radical (unpaired) electrons. The van der Waals surface area contributed by atoms with Gasteiger partial charge in [-0.1, -0.05) is 11.6 Å². The van der Waals surface area contributed by atoms with E-state index in [2.05, 4.69) is 10.1 Å². The van der Waals surface area contributed by atoms with Crippen molar-refractivity contribution in [2.24, 2.45) is 0 Å². The van der Waals surface area contributed by atoms with Gasteiger partial charge in [-0.15, -0.1) is 0 Å². The number of aliphatic hydroxyl groups is 1. The minimum Gasteiger partial charge on any atom is -0.491 e. The Balaban J connectivity index is 1.73. The molecule has 2 aromatic carbocycles. The van der Waals surface area contributed by atoms with E-state index in [1.165, 1.54) is 0 Å². The van der Waals surface area contributed by atoms with Crippen molar-refractivity contribution in [3.05, 3.63) is 70.1 Å². The number of aryl methyl sites for hydroxylation is 2. The summed E-state index contributed by atoms with van der Waals surface area (Å²) in [6.45, 7) is 7.27. The van der Waals surface area contributed by atoms with Crippen molar-refractivity contribution in [3.63, 3.8) is 0 Å². The standard InChI is InChI=1S/C26H28ClN5O3/c1-5-32-17(3)19(14-28-32)15-31(4)26(34)24-21-13-20(27)7-8-22(21)29-25(30-24)18-6-9-23(16(2)12-18)35-11-10-33/h6-9,12-14,33H,5,10-11,15H2,1-4H3. The molecule has 1 N–H and O–H groups in total. The number of halogens is 1.